The summed E-state index contributed by atoms with van der Waals surface area (Å²) in [5.41, 5.74) is 6.13. The fraction of sp³-hybridized carbons (Fsp3) is 0. The van der Waals surface area contributed by atoms with Gasteiger partial charge in [0.1, 0.15) is 12.4 Å². The van der Waals surface area contributed by atoms with Gasteiger partial charge in [-0.05, 0) is 28.1 Å². The van der Waals surface area contributed by atoms with Crippen LogP contribution in [0.3, 0.4) is 0 Å². The number of nitriles is 1. The van der Waals surface area contributed by atoms with Crippen LogP contribution in [0.4, 0.5) is 5.69 Å². The minimum atomic E-state index is -1.14. The quantitative estimate of drug-likeness (QED) is 0.804. The second-order valence-electron chi connectivity index (χ2n) is 3.32. The van der Waals surface area contributed by atoms with Crippen molar-refractivity contribution in [1.82, 2.24) is 14.8 Å². The first kappa shape index (κ1) is 12.1. The van der Waals surface area contributed by atoms with Gasteiger partial charge >= 0.3 is 5.97 Å². The van der Waals surface area contributed by atoms with E-state index in [0.717, 1.165) is 0 Å². The van der Waals surface area contributed by atoms with Crippen LogP contribution >= 0.6 is 15.9 Å². The standard InChI is InChI=1S/C10H6BrN5O2/c11-6-2-7(13)5(10(17)18)1-8(6)16-4-14-9(3-12)15-16/h1-2,4H,13H2,(H,17,18). The van der Waals surface area contributed by atoms with E-state index >= 15 is 0 Å². The molecule has 0 saturated heterocycles. The smallest absolute Gasteiger partial charge is 0.337 e. The van der Waals surface area contributed by atoms with Gasteiger partial charge in [0.05, 0.1) is 11.3 Å². The second-order valence-corrected chi connectivity index (χ2v) is 4.17. The van der Waals surface area contributed by atoms with Gasteiger partial charge in [-0.1, -0.05) is 0 Å². The number of benzene rings is 1. The third kappa shape index (κ3) is 2.03. The van der Waals surface area contributed by atoms with E-state index < -0.39 is 5.97 Å². The van der Waals surface area contributed by atoms with E-state index in [1.54, 1.807) is 6.07 Å². The summed E-state index contributed by atoms with van der Waals surface area (Å²) < 4.78 is 1.86. The number of halogens is 1. The lowest BCUT2D eigenvalue weighted by molar-refractivity contribution is 0.0698. The summed E-state index contributed by atoms with van der Waals surface area (Å²) in [6, 6.07) is 4.61. The molecule has 0 atom stereocenters. The highest BCUT2D eigenvalue weighted by atomic mass is 79.9. The third-order valence-electron chi connectivity index (χ3n) is 2.19. The molecule has 0 saturated carbocycles. The zero-order valence-corrected chi connectivity index (χ0v) is 10.4. The molecule has 1 heterocycles. The Morgan fingerprint density at radius 3 is 2.83 bits per heavy atom. The number of hydrogen-bond acceptors (Lipinski definition) is 5. The molecule has 0 bridgehead atoms. The molecule has 0 aliphatic rings. The molecule has 7 nitrogen and oxygen atoms in total. The first-order valence-electron chi connectivity index (χ1n) is 4.67. The van der Waals surface area contributed by atoms with E-state index in [-0.39, 0.29) is 17.1 Å². The molecule has 0 amide bonds. The van der Waals surface area contributed by atoms with Gasteiger partial charge in [-0.2, -0.15) is 5.26 Å². The predicted molar refractivity (Wildman–Crippen MR) is 65.1 cm³/mol. The van der Waals surface area contributed by atoms with Crippen LogP contribution in [0, 0.1) is 11.3 Å². The number of nitrogen functional groups attached to an aromatic ring is 1. The van der Waals surface area contributed by atoms with Gasteiger partial charge in [-0.3, -0.25) is 0 Å². The molecule has 3 N–H and O–H groups in total. The van der Waals surface area contributed by atoms with Crippen molar-refractivity contribution in [3.63, 3.8) is 0 Å². The van der Waals surface area contributed by atoms with Crippen molar-refractivity contribution >= 4 is 27.6 Å². The maximum Gasteiger partial charge on any atom is 0.337 e. The number of carboxylic acid groups (broad SMARTS) is 1. The topological polar surface area (TPSA) is 118 Å². The molecular weight excluding hydrogens is 302 g/mol. The summed E-state index contributed by atoms with van der Waals surface area (Å²) in [4.78, 5) is 14.7. The summed E-state index contributed by atoms with van der Waals surface area (Å²) in [7, 11) is 0. The molecule has 1 aromatic heterocycles. The number of aromatic carboxylic acids is 1. The van der Waals surface area contributed by atoms with Crippen LogP contribution in [0.2, 0.25) is 0 Å². The minimum absolute atomic E-state index is 0.00407. The lowest BCUT2D eigenvalue weighted by Gasteiger charge is -2.07. The van der Waals surface area contributed by atoms with Gasteiger partial charge in [0.15, 0.2) is 0 Å². The van der Waals surface area contributed by atoms with Gasteiger partial charge < -0.3 is 10.8 Å². The normalized spacial score (nSPS) is 10.0. The maximum atomic E-state index is 11.0. The molecule has 0 aliphatic carbocycles. The SMILES string of the molecule is N#Cc1ncn(-c2cc(C(=O)O)c(N)cc2Br)n1. The highest BCUT2D eigenvalue weighted by Gasteiger charge is 2.14. The molecule has 0 radical (unpaired) electrons. The molecule has 0 aliphatic heterocycles. The van der Waals surface area contributed by atoms with Crippen LogP contribution in [0.15, 0.2) is 22.9 Å². The Balaban J connectivity index is 2.61. The Morgan fingerprint density at radius 2 is 2.28 bits per heavy atom. The number of anilines is 1. The van der Waals surface area contributed by atoms with E-state index in [2.05, 4.69) is 26.0 Å². The zero-order valence-electron chi connectivity index (χ0n) is 8.83. The Kier molecular flexibility index (Phi) is 2.99. The highest BCUT2D eigenvalue weighted by molar-refractivity contribution is 9.10. The zero-order chi connectivity index (χ0) is 13.3. The molecule has 90 valence electrons. The number of carbonyl (C=O) groups is 1. The predicted octanol–water partition coefficient (Wildman–Crippen LogP) is 1.18. The van der Waals surface area contributed by atoms with Crippen LogP contribution in [0.5, 0.6) is 0 Å². The highest BCUT2D eigenvalue weighted by Crippen LogP contribution is 2.26. The number of nitrogens with zero attached hydrogens (tertiary/aromatic N) is 4. The third-order valence-corrected chi connectivity index (χ3v) is 2.82. The number of aromatic nitrogens is 3. The molecule has 0 spiro atoms. The Labute approximate surface area is 110 Å². The fourth-order valence-electron chi connectivity index (χ4n) is 1.37. The molecule has 0 fully saturated rings. The Bertz CT molecular complexity index is 673. The van der Waals surface area contributed by atoms with E-state index in [1.165, 1.54) is 23.1 Å². The van der Waals surface area contributed by atoms with Crippen LogP contribution in [0.1, 0.15) is 16.2 Å². The largest absolute Gasteiger partial charge is 0.478 e. The summed E-state index contributed by atoms with van der Waals surface area (Å²) in [6.45, 7) is 0. The number of hydrogen-bond donors (Lipinski definition) is 2. The van der Waals surface area contributed by atoms with E-state index in [9.17, 15) is 4.79 Å². The van der Waals surface area contributed by atoms with E-state index in [0.29, 0.717) is 10.2 Å². The lowest BCUT2D eigenvalue weighted by atomic mass is 10.1. The Morgan fingerprint density at radius 1 is 1.56 bits per heavy atom. The average molecular weight is 308 g/mol. The van der Waals surface area contributed by atoms with Crippen molar-refractivity contribution in [3.8, 4) is 11.8 Å². The van der Waals surface area contributed by atoms with Gasteiger partial charge in [0.25, 0.3) is 5.82 Å². The molecule has 2 aromatic rings. The van der Waals surface area contributed by atoms with Crippen LogP contribution in [-0.4, -0.2) is 25.8 Å². The monoisotopic (exact) mass is 307 g/mol. The van der Waals surface area contributed by atoms with Crippen molar-refractivity contribution in [2.24, 2.45) is 0 Å². The molecule has 8 heteroatoms. The fourth-order valence-corrected chi connectivity index (χ4v) is 1.91. The lowest BCUT2D eigenvalue weighted by Crippen LogP contribution is -2.06. The van der Waals surface area contributed by atoms with Crippen molar-refractivity contribution in [2.75, 3.05) is 5.73 Å². The number of carboxylic acids is 1. The first-order valence-corrected chi connectivity index (χ1v) is 5.46. The van der Waals surface area contributed by atoms with Crippen molar-refractivity contribution < 1.29 is 9.90 Å². The van der Waals surface area contributed by atoms with Gasteiger partial charge in [0.2, 0.25) is 0 Å². The van der Waals surface area contributed by atoms with Crippen LogP contribution < -0.4 is 5.73 Å². The first-order chi connectivity index (χ1) is 8.52. The minimum Gasteiger partial charge on any atom is -0.478 e. The molecule has 0 unspecified atom stereocenters. The summed E-state index contributed by atoms with van der Waals surface area (Å²) >= 11 is 3.25. The number of rotatable bonds is 2. The van der Waals surface area contributed by atoms with Crippen molar-refractivity contribution in [1.29, 1.82) is 5.26 Å². The van der Waals surface area contributed by atoms with Crippen LogP contribution in [-0.2, 0) is 0 Å². The Hall–Kier alpha value is -2.40. The van der Waals surface area contributed by atoms with E-state index in [4.69, 9.17) is 16.1 Å². The molecule has 1 aromatic carbocycles. The molecule has 2 rings (SSSR count). The summed E-state index contributed by atoms with van der Waals surface area (Å²) in [6.07, 6.45) is 1.32. The summed E-state index contributed by atoms with van der Waals surface area (Å²) in [5, 5.41) is 21.5. The van der Waals surface area contributed by atoms with Gasteiger partial charge in [0, 0.05) is 10.2 Å². The number of nitrogens with two attached hydrogens (primary N) is 1. The van der Waals surface area contributed by atoms with Crippen molar-refractivity contribution in [2.45, 2.75) is 0 Å². The molecular formula is C10H6BrN5O2. The van der Waals surface area contributed by atoms with E-state index in [1.807, 2.05) is 0 Å². The summed E-state index contributed by atoms with van der Waals surface area (Å²) in [5.74, 6) is -1.14. The maximum absolute atomic E-state index is 11.0. The van der Waals surface area contributed by atoms with Gasteiger partial charge in [-0.25, -0.2) is 14.5 Å². The van der Waals surface area contributed by atoms with Crippen LogP contribution in [0.25, 0.3) is 5.69 Å². The second kappa shape index (κ2) is 4.46. The molecule has 18 heavy (non-hydrogen) atoms. The van der Waals surface area contributed by atoms with Crippen molar-refractivity contribution in [3.05, 3.63) is 34.3 Å². The average Bonchev–Trinajstić information content (AvgIpc) is 2.77. The van der Waals surface area contributed by atoms with Gasteiger partial charge in [-0.15, -0.1) is 5.10 Å².